The first-order valence-electron chi connectivity index (χ1n) is 7.36. The molecule has 124 valence electrons. The number of nitriles is 1. The SMILES string of the molecule is COc1cc2c(-c3ccc(COC(N)=O)cc3)c(C#N)cnc2cn1. The molecule has 0 saturated heterocycles. The Hall–Kier alpha value is -3.66. The molecule has 7 nitrogen and oxygen atoms in total. The summed E-state index contributed by atoms with van der Waals surface area (Å²) in [6.07, 6.45) is 2.31. The van der Waals surface area contributed by atoms with Gasteiger partial charge in [-0.25, -0.2) is 9.78 Å². The third-order valence-electron chi connectivity index (χ3n) is 3.68. The van der Waals surface area contributed by atoms with Gasteiger partial charge in [0.25, 0.3) is 0 Å². The van der Waals surface area contributed by atoms with Gasteiger partial charge in [-0.15, -0.1) is 0 Å². The monoisotopic (exact) mass is 334 g/mol. The minimum absolute atomic E-state index is 0.0928. The number of amides is 1. The Morgan fingerprint density at radius 1 is 1.24 bits per heavy atom. The first-order chi connectivity index (χ1) is 12.1. The number of nitrogens with zero attached hydrogens (tertiary/aromatic N) is 3. The molecular formula is C18H14N4O3. The van der Waals surface area contributed by atoms with Crippen molar-refractivity contribution >= 4 is 17.0 Å². The predicted octanol–water partition coefficient (Wildman–Crippen LogP) is 2.77. The number of hydrogen-bond acceptors (Lipinski definition) is 6. The molecule has 1 amide bonds. The number of aromatic nitrogens is 2. The van der Waals surface area contributed by atoms with Gasteiger partial charge in [0.15, 0.2) is 0 Å². The molecule has 2 aromatic heterocycles. The van der Waals surface area contributed by atoms with Crippen LogP contribution < -0.4 is 10.5 Å². The Bertz CT molecular complexity index is 978. The van der Waals surface area contributed by atoms with E-state index in [-0.39, 0.29) is 6.61 Å². The van der Waals surface area contributed by atoms with Crippen LogP contribution in [0, 0.1) is 11.3 Å². The number of carbonyl (C=O) groups excluding carboxylic acids is 1. The van der Waals surface area contributed by atoms with Gasteiger partial charge in [0.1, 0.15) is 12.7 Å². The molecule has 2 heterocycles. The highest BCUT2D eigenvalue weighted by atomic mass is 16.5. The van der Waals surface area contributed by atoms with Crippen LogP contribution in [0.5, 0.6) is 5.88 Å². The molecule has 0 aliphatic rings. The van der Waals surface area contributed by atoms with Crippen LogP contribution in [-0.4, -0.2) is 23.2 Å². The maximum Gasteiger partial charge on any atom is 0.404 e. The Balaban J connectivity index is 2.10. The molecule has 3 rings (SSSR count). The van der Waals surface area contributed by atoms with Crippen LogP contribution in [0.2, 0.25) is 0 Å². The molecule has 3 aromatic rings. The van der Waals surface area contributed by atoms with Crippen molar-refractivity contribution in [3.05, 3.63) is 53.9 Å². The van der Waals surface area contributed by atoms with Gasteiger partial charge in [0.2, 0.25) is 5.88 Å². The molecule has 0 radical (unpaired) electrons. The van der Waals surface area contributed by atoms with Crippen molar-refractivity contribution in [2.45, 2.75) is 6.61 Å². The van der Waals surface area contributed by atoms with Crippen molar-refractivity contribution in [2.24, 2.45) is 5.73 Å². The topological polar surface area (TPSA) is 111 Å². The molecule has 0 fully saturated rings. The number of methoxy groups -OCH3 is 1. The zero-order valence-corrected chi connectivity index (χ0v) is 13.4. The summed E-state index contributed by atoms with van der Waals surface area (Å²) in [6, 6.07) is 11.2. The highest BCUT2D eigenvalue weighted by Gasteiger charge is 2.13. The maximum atomic E-state index is 10.7. The van der Waals surface area contributed by atoms with Gasteiger partial charge in [-0.1, -0.05) is 24.3 Å². The van der Waals surface area contributed by atoms with Gasteiger partial charge in [0, 0.05) is 23.2 Å². The molecular weight excluding hydrogens is 320 g/mol. The summed E-state index contributed by atoms with van der Waals surface area (Å²) in [6.45, 7) is 0.0928. The molecule has 2 N–H and O–H groups in total. The number of carbonyl (C=O) groups is 1. The van der Waals surface area contributed by atoms with Crippen LogP contribution in [0.3, 0.4) is 0 Å². The van der Waals surface area contributed by atoms with E-state index in [1.807, 2.05) is 24.3 Å². The number of primary amides is 1. The lowest BCUT2D eigenvalue weighted by Gasteiger charge is -2.10. The second kappa shape index (κ2) is 6.84. The number of ether oxygens (including phenoxy) is 2. The van der Waals surface area contributed by atoms with Crippen molar-refractivity contribution in [2.75, 3.05) is 7.11 Å². The van der Waals surface area contributed by atoms with Gasteiger partial charge in [-0.3, -0.25) is 4.98 Å². The van der Waals surface area contributed by atoms with E-state index >= 15 is 0 Å². The third kappa shape index (κ3) is 3.33. The lowest BCUT2D eigenvalue weighted by atomic mass is 9.97. The summed E-state index contributed by atoms with van der Waals surface area (Å²) in [5.41, 5.74) is 8.45. The fourth-order valence-electron chi connectivity index (χ4n) is 2.51. The summed E-state index contributed by atoms with van der Waals surface area (Å²) in [5.74, 6) is 0.442. The summed E-state index contributed by atoms with van der Waals surface area (Å²) < 4.78 is 9.95. The largest absolute Gasteiger partial charge is 0.481 e. The van der Waals surface area contributed by atoms with Crippen molar-refractivity contribution < 1.29 is 14.3 Å². The molecule has 0 aliphatic carbocycles. The van der Waals surface area contributed by atoms with E-state index in [1.165, 1.54) is 13.3 Å². The van der Waals surface area contributed by atoms with E-state index in [9.17, 15) is 10.1 Å². The summed E-state index contributed by atoms with van der Waals surface area (Å²) >= 11 is 0. The smallest absolute Gasteiger partial charge is 0.404 e. The van der Waals surface area contributed by atoms with E-state index in [0.29, 0.717) is 17.0 Å². The fraction of sp³-hybridized carbons (Fsp3) is 0.111. The number of benzene rings is 1. The molecule has 0 spiro atoms. The molecule has 0 unspecified atom stereocenters. The Morgan fingerprint density at radius 3 is 2.64 bits per heavy atom. The molecule has 7 heteroatoms. The Labute approximate surface area is 143 Å². The number of pyridine rings is 2. The summed E-state index contributed by atoms with van der Waals surface area (Å²) in [7, 11) is 1.53. The number of fused-ring (bicyclic) bond motifs is 1. The van der Waals surface area contributed by atoms with Crippen molar-refractivity contribution in [3.8, 4) is 23.1 Å². The van der Waals surface area contributed by atoms with Crippen molar-refractivity contribution in [3.63, 3.8) is 0 Å². The lowest BCUT2D eigenvalue weighted by molar-refractivity contribution is 0.150. The van der Waals surface area contributed by atoms with Crippen LogP contribution in [0.1, 0.15) is 11.1 Å². The third-order valence-corrected chi connectivity index (χ3v) is 3.68. The zero-order valence-electron chi connectivity index (χ0n) is 13.4. The lowest BCUT2D eigenvalue weighted by Crippen LogP contribution is -2.12. The van der Waals surface area contributed by atoms with Gasteiger partial charge < -0.3 is 15.2 Å². The van der Waals surface area contributed by atoms with Crippen LogP contribution in [0.4, 0.5) is 4.79 Å². The van der Waals surface area contributed by atoms with Gasteiger partial charge >= 0.3 is 6.09 Å². The van der Waals surface area contributed by atoms with Crippen LogP contribution in [0.25, 0.3) is 22.0 Å². The Kier molecular flexibility index (Phi) is 4.44. The number of hydrogen-bond donors (Lipinski definition) is 1. The normalized spacial score (nSPS) is 10.2. The predicted molar refractivity (Wildman–Crippen MR) is 90.6 cm³/mol. The zero-order chi connectivity index (χ0) is 17.8. The fourth-order valence-corrected chi connectivity index (χ4v) is 2.51. The molecule has 0 aliphatic heterocycles. The first-order valence-corrected chi connectivity index (χ1v) is 7.36. The van der Waals surface area contributed by atoms with Gasteiger partial charge in [-0.2, -0.15) is 5.26 Å². The maximum absolute atomic E-state index is 10.7. The minimum Gasteiger partial charge on any atom is -0.481 e. The minimum atomic E-state index is -0.824. The molecule has 25 heavy (non-hydrogen) atoms. The van der Waals surface area contributed by atoms with Gasteiger partial charge in [0.05, 0.1) is 24.4 Å². The van der Waals surface area contributed by atoms with Crippen molar-refractivity contribution in [1.29, 1.82) is 5.26 Å². The second-order valence-electron chi connectivity index (χ2n) is 5.21. The first kappa shape index (κ1) is 16.2. The summed E-state index contributed by atoms with van der Waals surface area (Å²) in [5, 5.41) is 10.2. The van der Waals surface area contributed by atoms with Crippen molar-refractivity contribution in [1.82, 2.24) is 9.97 Å². The molecule has 0 atom stereocenters. The Morgan fingerprint density at radius 2 is 2.00 bits per heavy atom. The van der Waals surface area contributed by atoms with Crippen LogP contribution >= 0.6 is 0 Å². The molecule has 1 aromatic carbocycles. The van der Waals surface area contributed by atoms with E-state index in [4.69, 9.17) is 15.2 Å². The van der Waals surface area contributed by atoms with E-state index < -0.39 is 6.09 Å². The molecule has 0 saturated carbocycles. The average molecular weight is 334 g/mol. The highest BCUT2D eigenvalue weighted by molar-refractivity contribution is 5.97. The van der Waals surface area contributed by atoms with E-state index in [2.05, 4.69) is 16.0 Å². The number of nitrogens with two attached hydrogens (primary N) is 1. The quantitative estimate of drug-likeness (QED) is 0.785. The van der Waals surface area contributed by atoms with Crippen LogP contribution in [-0.2, 0) is 11.3 Å². The van der Waals surface area contributed by atoms with E-state index in [0.717, 1.165) is 22.1 Å². The summed E-state index contributed by atoms with van der Waals surface area (Å²) in [4.78, 5) is 19.1. The standard InChI is InChI=1S/C18H14N4O3/c1-24-16-6-14-15(9-22-16)21-8-13(7-19)17(14)12-4-2-11(3-5-12)10-25-18(20)23/h2-6,8-9H,10H2,1H3,(H2,20,23). The second-order valence-corrected chi connectivity index (χ2v) is 5.21. The average Bonchev–Trinajstić information content (AvgIpc) is 2.65. The van der Waals surface area contributed by atoms with Crippen LogP contribution in [0.15, 0.2) is 42.7 Å². The van der Waals surface area contributed by atoms with E-state index in [1.54, 1.807) is 12.3 Å². The number of rotatable bonds is 4. The van der Waals surface area contributed by atoms with Gasteiger partial charge in [-0.05, 0) is 11.1 Å². The highest BCUT2D eigenvalue weighted by Crippen LogP contribution is 2.32. The molecule has 0 bridgehead atoms.